The molecule has 2 aliphatic heterocycles. The van der Waals surface area contributed by atoms with Gasteiger partial charge in [-0.05, 0) is 50.7 Å². The van der Waals surface area contributed by atoms with Crippen molar-refractivity contribution in [2.75, 3.05) is 0 Å². The Labute approximate surface area is 281 Å². The van der Waals surface area contributed by atoms with E-state index in [2.05, 4.69) is 32.5 Å². The maximum absolute atomic E-state index is 14.2. The lowest BCUT2D eigenvalue weighted by Gasteiger charge is -2.36. The third kappa shape index (κ3) is 9.11. The molecule has 5 rings (SSSR count). The molecule has 0 bridgehead atoms. The van der Waals surface area contributed by atoms with Crippen LogP contribution in [0.15, 0.2) is 79.3 Å². The maximum atomic E-state index is 14.2. The van der Waals surface area contributed by atoms with Gasteiger partial charge in [0.15, 0.2) is 0 Å². The molecule has 0 radical (unpaired) electrons. The minimum absolute atomic E-state index is 0.0561. The molecule has 3 heterocycles. The molecule has 0 saturated carbocycles. The van der Waals surface area contributed by atoms with E-state index in [9.17, 15) is 19.2 Å². The molecule has 1 aromatic heterocycles. The van der Waals surface area contributed by atoms with Gasteiger partial charge in [-0.2, -0.15) is 0 Å². The van der Waals surface area contributed by atoms with Crippen LogP contribution in [-0.4, -0.2) is 68.9 Å². The summed E-state index contributed by atoms with van der Waals surface area (Å²) in [6, 6.07) is 14.1. The predicted molar refractivity (Wildman–Crippen MR) is 182 cm³/mol. The first-order valence-electron chi connectivity index (χ1n) is 16.8. The molecule has 2 aliphatic rings. The van der Waals surface area contributed by atoms with Crippen LogP contribution in [0, 0.1) is 6.92 Å². The number of fused-ring (bicyclic) bond motifs is 1. The van der Waals surface area contributed by atoms with Crippen molar-refractivity contribution < 1.29 is 23.9 Å². The zero-order valence-electron chi connectivity index (χ0n) is 27.7. The molecule has 48 heavy (non-hydrogen) atoms. The lowest BCUT2D eigenvalue weighted by molar-refractivity contribution is -0.144. The Kier molecular flexibility index (Phi) is 11.7. The van der Waals surface area contributed by atoms with Crippen LogP contribution in [0.4, 0.5) is 4.79 Å². The number of alkyl carbamates (subject to hydrolysis) is 1. The number of aryl methyl sites for hydroxylation is 1. The van der Waals surface area contributed by atoms with Gasteiger partial charge in [0.2, 0.25) is 17.7 Å². The summed E-state index contributed by atoms with van der Waals surface area (Å²) in [6.07, 6.45) is 7.43. The van der Waals surface area contributed by atoms with Crippen LogP contribution in [0.2, 0.25) is 0 Å². The van der Waals surface area contributed by atoms with Crippen LogP contribution in [0.25, 0.3) is 0 Å². The van der Waals surface area contributed by atoms with E-state index in [0.29, 0.717) is 25.7 Å². The SMILES string of the molecule is C=C(C)C(Cc1cnc[nH]1)NC(=O)C1CCC2CCCCC(NC(=O)C(Cc3ccc(C)cc3)NC(=O)OCc3ccccc3)C(=O)N21. The van der Waals surface area contributed by atoms with Crippen molar-refractivity contribution in [3.8, 4) is 0 Å². The smallest absolute Gasteiger partial charge is 0.408 e. The fourth-order valence-corrected chi connectivity index (χ4v) is 6.50. The van der Waals surface area contributed by atoms with Gasteiger partial charge in [-0.3, -0.25) is 14.4 Å². The van der Waals surface area contributed by atoms with E-state index in [1.807, 2.05) is 68.4 Å². The quantitative estimate of drug-likeness (QED) is 0.215. The summed E-state index contributed by atoms with van der Waals surface area (Å²) in [7, 11) is 0. The van der Waals surface area contributed by atoms with Gasteiger partial charge in [-0.1, -0.05) is 85.2 Å². The van der Waals surface area contributed by atoms with Crippen molar-refractivity contribution in [2.24, 2.45) is 0 Å². The molecule has 11 nitrogen and oxygen atoms in total. The van der Waals surface area contributed by atoms with Crippen LogP contribution < -0.4 is 16.0 Å². The van der Waals surface area contributed by atoms with Gasteiger partial charge in [0.05, 0.1) is 12.4 Å². The molecular weight excluding hydrogens is 608 g/mol. The second kappa shape index (κ2) is 16.3. The topological polar surface area (TPSA) is 146 Å². The predicted octanol–water partition coefficient (Wildman–Crippen LogP) is 4.28. The molecule has 3 aromatic rings. The number of rotatable bonds is 12. The Morgan fingerprint density at radius 2 is 1.71 bits per heavy atom. The van der Waals surface area contributed by atoms with Crippen molar-refractivity contribution in [1.82, 2.24) is 30.8 Å². The summed E-state index contributed by atoms with van der Waals surface area (Å²) in [5.41, 5.74) is 4.42. The van der Waals surface area contributed by atoms with Gasteiger partial charge >= 0.3 is 6.09 Å². The molecule has 2 saturated heterocycles. The van der Waals surface area contributed by atoms with E-state index < -0.39 is 30.1 Å². The number of imidazole rings is 1. The molecule has 5 atom stereocenters. The molecule has 4 N–H and O–H groups in total. The number of hydrogen-bond donors (Lipinski definition) is 4. The number of carbonyl (C=O) groups is 4. The number of aromatic nitrogens is 2. The van der Waals surface area contributed by atoms with Crippen molar-refractivity contribution in [1.29, 1.82) is 0 Å². The van der Waals surface area contributed by atoms with E-state index in [0.717, 1.165) is 47.2 Å². The Hall–Kier alpha value is -4.93. The number of H-pyrrole nitrogens is 1. The van der Waals surface area contributed by atoms with Gasteiger partial charge in [-0.25, -0.2) is 9.78 Å². The maximum Gasteiger partial charge on any atom is 0.408 e. The summed E-state index contributed by atoms with van der Waals surface area (Å²) in [6.45, 7) is 7.96. The largest absolute Gasteiger partial charge is 0.445 e. The zero-order chi connectivity index (χ0) is 34.0. The fourth-order valence-electron chi connectivity index (χ4n) is 6.50. The molecular formula is C37H46N6O5. The van der Waals surface area contributed by atoms with Gasteiger partial charge < -0.3 is 30.6 Å². The van der Waals surface area contributed by atoms with E-state index in [1.165, 1.54) is 0 Å². The van der Waals surface area contributed by atoms with E-state index in [1.54, 1.807) is 17.4 Å². The third-order valence-corrected chi connectivity index (χ3v) is 9.23. The Morgan fingerprint density at radius 1 is 0.958 bits per heavy atom. The van der Waals surface area contributed by atoms with Crippen molar-refractivity contribution in [2.45, 2.75) is 102 Å². The van der Waals surface area contributed by atoms with Gasteiger partial charge in [0.1, 0.15) is 24.7 Å². The summed E-state index contributed by atoms with van der Waals surface area (Å²) in [5, 5.41) is 8.79. The number of benzene rings is 2. The molecule has 2 aromatic carbocycles. The van der Waals surface area contributed by atoms with E-state index in [4.69, 9.17) is 4.74 Å². The molecule has 5 unspecified atom stereocenters. The normalized spacial score (nSPS) is 20.4. The van der Waals surface area contributed by atoms with Gasteiger partial charge in [0, 0.05) is 30.8 Å². The summed E-state index contributed by atoms with van der Waals surface area (Å²) >= 11 is 0. The average molecular weight is 655 g/mol. The standard InChI is InChI=1S/C37H46N6O5/c1-24(2)31(20-28-21-38-23-39-28)41-35(45)33-18-17-29-11-7-8-12-30(36(46)43(29)33)40-34(44)32(19-26-15-13-25(3)14-16-26)42-37(47)48-22-27-9-5-4-6-10-27/h4-6,9-10,13-16,21,23,29-33H,1,7-8,11-12,17-20,22H2,2-3H3,(H,38,39)(H,40,44)(H,41,45)(H,42,47). The van der Waals surface area contributed by atoms with Crippen molar-refractivity contribution in [3.63, 3.8) is 0 Å². The number of nitrogens with one attached hydrogen (secondary N) is 4. The molecule has 254 valence electrons. The van der Waals surface area contributed by atoms with Crippen molar-refractivity contribution in [3.05, 3.63) is 102 Å². The van der Waals surface area contributed by atoms with E-state index in [-0.39, 0.29) is 36.9 Å². The minimum atomic E-state index is -0.985. The highest BCUT2D eigenvalue weighted by molar-refractivity contribution is 5.94. The fraction of sp³-hybridized carbons (Fsp3) is 0.432. The lowest BCUT2D eigenvalue weighted by atomic mass is 9.98. The Bertz CT molecular complexity index is 1560. The molecule has 11 heteroatoms. The summed E-state index contributed by atoms with van der Waals surface area (Å²) in [4.78, 5) is 63.5. The van der Waals surface area contributed by atoms with Gasteiger partial charge in [0.25, 0.3) is 0 Å². The summed E-state index contributed by atoms with van der Waals surface area (Å²) in [5.74, 6) is -0.985. The lowest BCUT2D eigenvalue weighted by Crippen LogP contribution is -2.59. The Morgan fingerprint density at radius 3 is 2.42 bits per heavy atom. The van der Waals surface area contributed by atoms with Crippen LogP contribution >= 0.6 is 0 Å². The van der Waals surface area contributed by atoms with E-state index >= 15 is 0 Å². The first kappa shape index (κ1) is 34.4. The Balaban J connectivity index is 1.28. The minimum Gasteiger partial charge on any atom is -0.445 e. The molecule has 0 aliphatic carbocycles. The zero-order valence-corrected chi connectivity index (χ0v) is 27.7. The number of aromatic amines is 1. The highest BCUT2D eigenvalue weighted by Gasteiger charge is 2.44. The molecule has 0 spiro atoms. The third-order valence-electron chi connectivity index (χ3n) is 9.23. The highest BCUT2D eigenvalue weighted by Crippen LogP contribution is 2.31. The second-order valence-corrected chi connectivity index (χ2v) is 13.0. The highest BCUT2D eigenvalue weighted by atomic mass is 16.5. The number of ether oxygens (including phenoxy) is 1. The van der Waals surface area contributed by atoms with Crippen molar-refractivity contribution >= 4 is 23.8 Å². The number of amides is 4. The number of carbonyl (C=O) groups excluding carboxylic acids is 4. The van der Waals surface area contributed by atoms with Crippen LogP contribution in [0.1, 0.15) is 67.8 Å². The summed E-state index contributed by atoms with van der Waals surface area (Å²) < 4.78 is 5.43. The first-order valence-corrected chi connectivity index (χ1v) is 16.8. The van der Waals surface area contributed by atoms with Gasteiger partial charge in [-0.15, -0.1) is 0 Å². The second-order valence-electron chi connectivity index (χ2n) is 13.0. The van der Waals surface area contributed by atoms with Crippen LogP contribution in [0.3, 0.4) is 0 Å². The average Bonchev–Trinajstić information content (AvgIpc) is 3.75. The van der Waals surface area contributed by atoms with Crippen LogP contribution in [0.5, 0.6) is 0 Å². The number of nitrogens with zero attached hydrogens (tertiary/aromatic N) is 2. The number of hydrogen-bond acceptors (Lipinski definition) is 6. The van der Waals surface area contributed by atoms with Crippen LogP contribution in [-0.2, 0) is 38.6 Å². The first-order chi connectivity index (χ1) is 23.2. The monoisotopic (exact) mass is 654 g/mol. The molecule has 2 fully saturated rings. The molecule has 4 amide bonds.